The maximum atomic E-state index is 5.80. The molecule has 1 rings (SSSR count). The Bertz CT molecular complexity index is 297. The Kier molecular flexibility index (Phi) is 3.77. The van der Waals surface area contributed by atoms with Crippen LogP contribution in [-0.4, -0.2) is 12.7 Å². The van der Waals surface area contributed by atoms with E-state index >= 15 is 0 Å². The van der Waals surface area contributed by atoms with E-state index in [0.717, 1.165) is 23.4 Å². The molecule has 1 aromatic carbocycles. The fourth-order valence-corrected chi connectivity index (χ4v) is 1.25. The van der Waals surface area contributed by atoms with Crippen LogP contribution in [-0.2, 0) is 11.2 Å². The first kappa shape index (κ1) is 10.9. The normalized spacial score (nSPS) is 10.8. The highest BCUT2D eigenvalue weighted by atomic mass is 16.5. The van der Waals surface area contributed by atoms with Crippen molar-refractivity contribution in [3.05, 3.63) is 23.8 Å². The number of benzene rings is 1. The summed E-state index contributed by atoms with van der Waals surface area (Å²) in [6, 6.07) is 5.54. The van der Waals surface area contributed by atoms with Crippen molar-refractivity contribution in [2.75, 3.05) is 18.1 Å². The van der Waals surface area contributed by atoms with Crippen LogP contribution in [0.3, 0.4) is 0 Å². The van der Waals surface area contributed by atoms with Crippen LogP contribution in [0, 0.1) is 0 Å². The summed E-state index contributed by atoms with van der Waals surface area (Å²) in [5, 5.41) is 0. The van der Waals surface area contributed by atoms with E-state index in [0.29, 0.717) is 6.61 Å². The van der Waals surface area contributed by atoms with Crippen LogP contribution >= 0.6 is 0 Å². The summed E-state index contributed by atoms with van der Waals surface area (Å²) < 4.78 is 5.44. The van der Waals surface area contributed by atoms with Crippen LogP contribution in [0.2, 0.25) is 0 Å². The molecule has 0 aliphatic carbocycles. The zero-order valence-corrected chi connectivity index (χ0v) is 8.79. The molecule has 0 spiro atoms. The van der Waals surface area contributed by atoms with Crippen molar-refractivity contribution >= 4 is 11.4 Å². The Morgan fingerprint density at radius 2 is 2.00 bits per heavy atom. The molecule has 0 aliphatic rings. The van der Waals surface area contributed by atoms with Gasteiger partial charge in [0.2, 0.25) is 0 Å². The standard InChI is InChI=1S/C11H18N2O/c1-8(2)14-6-5-9-7-10(12)3-4-11(9)13/h3-4,7-8H,5-6,12-13H2,1-2H3. The third-order valence-corrected chi connectivity index (χ3v) is 1.99. The highest BCUT2D eigenvalue weighted by molar-refractivity contribution is 5.55. The van der Waals surface area contributed by atoms with E-state index in [1.807, 2.05) is 32.0 Å². The highest BCUT2D eigenvalue weighted by Crippen LogP contribution is 2.16. The van der Waals surface area contributed by atoms with Crippen molar-refractivity contribution in [2.45, 2.75) is 26.4 Å². The molecule has 0 aliphatic heterocycles. The number of rotatable bonds is 4. The van der Waals surface area contributed by atoms with E-state index in [-0.39, 0.29) is 6.10 Å². The van der Waals surface area contributed by atoms with Gasteiger partial charge in [-0.3, -0.25) is 0 Å². The van der Waals surface area contributed by atoms with E-state index in [1.165, 1.54) is 0 Å². The van der Waals surface area contributed by atoms with E-state index in [9.17, 15) is 0 Å². The second kappa shape index (κ2) is 4.86. The predicted octanol–water partition coefficient (Wildman–Crippen LogP) is 1.82. The Morgan fingerprint density at radius 3 is 2.64 bits per heavy atom. The molecule has 3 heteroatoms. The first-order chi connectivity index (χ1) is 6.59. The minimum absolute atomic E-state index is 0.261. The monoisotopic (exact) mass is 194 g/mol. The van der Waals surface area contributed by atoms with Crippen molar-refractivity contribution in [3.8, 4) is 0 Å². The highest BCUT2D eigenvalue weighted by Gasteiger charge is 2.00. The van der Waals surface area contributed by atoms with Crippen molar-refractivity contribution in [1.29, 1.82) is 0 Å². The zero-order chi connectivity index (χ0) is 10.6. The summed E-state index contributed by atoms with van der Waals surface area (Å²) >= 11 is 0. The number of nitrogens with two attached hydrogens (primary N) is 2. The number of anilines is 2. The molecule has 0 bridgehead atoms. The molecule has 4 N–H and O–H groups in total. The summed E-state index contributed by atoms with van der Waals surface area (Å²) in [5.41, 5.74) is 14.1. The van der Waals surface area contributed by atoms with Gasteiger partial charge in [0.25, 0.3) is 0 Å². The largest absolute Gasteiger partial charge is 0.399 e. The number of nitrogen functional groups attached to an aromatic ring is 2. The average molecular weight is 194 g/mol. The summed E-state index contributed by atoms with van der Waals surface area (Å²) in [5.74, 6) is 0. The molecule has 0 fully saturated rings. The van der Waals surface area contributed by atoms with Gasteiger partial charge in [-0.05, 0) is 44.0 Å². The van der Waals surface area contributed by atoms with Gasteiger partial charge in [-0.2, -0.15) is 0 Å². The summed E-state index contributed by atoms with van der Waals surface area (Å²) in [6.45, 7) is 4.72. The second-order valence-electron chi connectivity index (χ2n) is 3.63. The maximum absolute atomic E-state index is 5.80. The molecule has 0 atom stereocenters. The predicted molar refractivity (Wildman–Crippen MR) is 60.1 cm³/mol. The average Bonchev–Trinajstić information content (AvgIpc) is 2.10. The Hall–Kier alpha value is -1.22. The van der Waals surface area contributed by atoms with Crippen LogP contribution in [0.4, 0.5) is 11.4 Å². The van der Waals surface area contributed by atoms with Gasteiger partial charge < -0.3 is 16.2 Å². The van der Waals surface area contributed by atoms with Gasteiger partial charge in [0, 0.05) is 11.4 Å². The molecule has 0 amide bonds. The lowest BCUT2D eigenvalue weighted by Gasteiger charge is -2.09. The van der Waals surface area contributed by atoms with E-state index in [4.69, 9.17) is 16.2 Å². The number of hydrogen-bond donors (Lipinski definition) is 2. The summed E-state index contributed by atoms with van der Waals surface area (Å²) in [6.07, 6.45) is 1.08. The lowest BCUT2D eigenvalue weighted by molar-refractivity contribution is 0.0814. The van der Waals surface area contributed by atoms with Crippen LogP contribution < -0.4 is 11.5 Å². The fraction of sp³-hybridized carbons (Fsp3) is 0.455. The maximum Gasteiger partial charge on any atom is 0.0519 e. The van der Waals surface area contributed by atoms with Gasteiger partial charge in [-0.1, -0.05) is 0 Å². The molecule has 78 valence electrons. The van der Waals surface area contributed by atoms with Gasteiger partial charge in [0.15, 0.2) is 0 Å². The van der Waals surface area contributed by atoms with Crippen LogP contribution in [0.15, 0.2) is 18.2 Å². The van der Waals surface area contributed by atoms with E-state index in [1.54, 1.807) is 0 Å². The van der Waals surface area contributed by atoms with Crippen molar-refractivity contribution in [2.24, 2.45) is 0 Å². The van der Waals surface area contributed by atoms with Gasteiger partial charge in [0.05, 0.1) is 12.7 Å². The second-order valence-corrected chi connectivity index (χ2v) is 3.63. The molecule has 0 unspecified atom stereocenters. The van der Waals surface area contributed by atoms with Crippen molar-refractivity contribution in [3.63, 3.8) is 0 Å². The molecule has 0 radical (unpaired) electrons. The minimum Gasteiger partial charge on any atom is -0.399 e. The SMILES string of the molecule is CC(C)OCCc1cc(N)ccc1N. The van der Waals surface area contributed by atoms with E-state index < -0.39 is 0 Å². The molecule has 3 nitrogen and oxygen atoms in total. The topological polar surface area (TPSA) is 61.3 Å². The molecule has 0 aromatic heterocycles. The van der Waals surface area contributed by atoms with Crippen molar-refractivity contribution in [1.82, 2.24) is 0 Å². The third kappa shape index (κ3) is 3.26. The Labute approximate surface area is 85.0 Å². The van der Waals surface area contributed by atoms with Gasteiger partial charge in [0.1, 0.15) is 0 Å². The minimum atomic E-state index is 0.261. The lowest BCUT2D eigenvalue weighted by Crippen LogP contribution is -2.07. The molecule has 0 heterocycles. The summed E-state index contributed by atoms with van der Waals surface area (Å²) in [4.78, 5) is 0. The van der Waals surface area contributed by atoms with Crippen LogP contribution in [0.25, 0.3) is 0 Å². The van der Waals surface area contributed by atoms with Crippen LogP contribution in [0.5, 0.6) is 0 Å². The smallest absolute Gasteiger partial charge is 0.0519 e. The van der Waals surface area contributed by atoms with Crippen molar-refractivity contribution < 1.29 is 4.74 Å². The van der Waals surface area contributed by atoms with Gasteiger partial charge in [-0.25, -0.2) is 0 Å². The fourth-order valence-electron chi connectivity index (χ4n) is 1.25. The Balaban J connectivity index is 2.53. The number of ether oxygens (including phenoxy) is 1. The van der Waals surface area contributed by atoms with Crippen LogP contribution in [0.1, 0.15) is 19.4 Å². The molecule has 1 aromatic rings. The Morgan fingerprint density at radius 1 is 1.29 bits per heavy atom. The van der Waals surface area contributed by atoms with Gasteiger partial charge >= 0.3 is 0 Å². The third-order valence-electron chi connectivity index (χ3n) is 1.99. The zero-order valence-electron chi connectivity index (χ0n) is 8.79. The molecular weight excluding hydrogens is 176 g/mol. The van der Waals surface area contributed by atoms with Gasteiger partial charge in [-0.15, -0.1) is 0 Å². The first-order valence-corrected chi connectivity index (χ1v) is 4.85. The molecule has 0 saturated heterocycles. The quantitative estimate of drug-likeness (QED) is 0.719. The van der Waals surface area contributed by atoms with E-state index in [2.05, 4.69) is 0 Å². The molecule has 14 heavy (non-hydrogen) atoms. The number of hydrogen-bond acceptors (Lipinski definition) is 3. The lowest BCUT2D eigenvalue weighted by atomic mass is 10.1. The molecular formula is C11H18N2O. The summed E-state index contributed by atoms with van der Waals surface area (Å²) in [7, 11) is 0. The molecule has 0 saturated carbocycles. The first-order valence-electron chi connectivity index (χ1n) is 4.85.